The topological polar surface area (TPSA) is 469 Å². The maximum Gasteiger partial charge on any atom is 0.412 e. The number of Topliss-reactive ketones (excluding diaryl/α,β-unsaturated/α-hetero) is 2. The lowest BCUT2D eigenvalue weighted by molar-refractivity contribution is -0.140. The number of carboxylic acid groups (broad SMARTS) is 1. The van der Waals surface area contributed by atoms with E-state index in [1.54, 1.807) is 142 Å². The number of esters is 2. The van der Waals surface area contributed by atoms with Crippen LogP contribution in [0, 0.1) is 0 Å². The van der Waals surface area contributed by atoms with E-state index >= 15 is 0 Å². The second kappa shape index (κ2) is 80.9. The van der Waals surface area contributed by atoms with Crippen molar-refractivity contribution in [3.05, 3.63) is 157 Å². The Kier molecular flexibility index (Phi) is 81.8. The van der Waals surface area contributed by atoms with Gasteiger partial charge in [-0.3, -0.25) is 34.9 Å². The van der Waals surface area contributed by atoms with E-state index < -0.39 is 71.3 Å². The van der Waals surface area contributed by atoms with Gasteiger partial charge in [0.05, 0.1) is 49.2 Å². The highest BCUT2D eigenvalue weighted by molar-refractivity contribution is 7.54. The summed E-state index contributed by atoms with van der Waals surface area (Å²) in [5.74, 6) is -1.49. The highest BCUT2D eigenvalue weighted by Gasteiger charge is 2.38. The van der Waals surface area contributed by atoms with Crippen LogP contribution in [-0.2, 0) is 87.8 Å². The fourth-order valence-electron chi connectivity index (χ4n) is 9.21. The number of hydrogen-bond donors (Lipinski definition) is 11. The second-order valence-corrected chi connectivity index (χ2v) is 47.9. The van der Waals surface area contributed by atoms with Crippen LogP contribution in [-0.4, -0.2) is 185 Å². The number of rotatable bonds is 44. The van der Waals surface area contributed by atoms with Crippen molar-refractivity contribution in [3.8, 4) is 0 Å². The average Bonchev–Trinajstić information content (AvgIpc) is 0.852. The van der Waals surface area contributed by atoms with Crippen molar-refractivity contribution >= 4 is 112 Å². The summed E-state index contributed by atoms with van der Waals surface area (Å²) in [7, 11) is -6.39. The maximum atomic E-state index is 12.0. The lowest BCUT2D eigenvalue weighted by Gasteiger charge is -2.36. The highest BCUT2D eigenvalue weighted by atomic mass is 31.2. The summed E-state index contributed by atoms with van der Waals surface area (Å²) in [5.41, 5.74) is 19.9. The fraction of sp³-hybridized carbons (Fsp3) is 0.598. The molecule has 0 saturated heterocycles. The molecule has 0 atom stereocenters. The van der Waals surface area contributed by atoms with Crippen molar-refractivity contribution in [2.45, 2.75) is 327 Å². The Morgan fingerprint density at radius 1 is 0.400 bits per heavy atom. The monoisotopic (exact) mass is 1960 g/mol. The highest BCUT2D eigenvalue weighted by Crippen LogP contribution is 2.48. The number of ether oxygens (including phenoxy) is 5. The van der Waals surface area contributed by atoms with Gasteiger partial charge in [0.2, 0.25) is 0 Å². The van der Waals surface area contributed by atoms with Crippen molar-refractivity contribution in [1.82, 2.24) is 0 Å². The van der Waals surface area contributed by atoms with Crippen LogP contribution >= 0.6 is 7.60 Å². The van der Waals surface area contributed by atoms with Gasteiger partial charge in [-0.2, -0.15) is 0 Å². The number of carbonyl (C=O) groups excluding carboxylic acids is 8. The quantitative estimate of drug-likeness (QED) is 0.00225. The summed E-state index contributed by atoms with van der Waals surface area (Å²) < 4.78 is 58.3. The van der Waals surface area contributed by atoms with Crippen LogP contribution < -0.4 is 33.2 Å². The second-order valence-electron chi connectivity index (χ2n) is 36.2. The van der Waals surface area contributed by atoms with Gasteiger partial charge in [-0.1, -0.05) is 192 Å². The van der Waals surface area contributed by atoms with Gasteiger partial charge in [0.15, 0.2) is 16.6 Å². The normalized spacial score (nSPS) is 11.3. The van der Waals surface area contributed by atoms with E-state index in [1.165, 1.54) is 12.2 Å². The molecule has 0 radical (unpaired) electrons. The molecular weight excluding hydrogens is 1780 g/mol. The number of allylic oxidation sites excluding steroid dienone is 5. The number of carboxylic acids is 1. The first kappa shape index (κ1) is 137. The minimum absolute atomic E-state index is 0.0395. The number of aliphatic hydroxyl groups excluding tert-OH is 4. The molecular formula is C102H177N6O24PSi2. The molecule has 4 aromatic rings. The molecule has 33 heteroatoms. The van der Waals surface area contributed by atoms with Crippen molar-refractivity contribution in [1.29, 1.82) is 0 Å². The minimum atomic E-state index is -3.28. The molecule has 0 aliphatic rings. The molecule has 3 amide bonds. The third kappa shape index (κ3) is 86.2. The fourth-order valence-corrected chi connectivity index (χ4v) is 12.8. The van der Waals surface area contributed by atoms with E-state index in [1.807, 2.05) is 81.5 Å². The summed E-state index contributed by atoms with van der Waals surface area (Å²) in [6.07, 6.45) is 27.7. The van der Waals surface area contributed by atoms with Crippen molar-refractivity contribution in [3.63, 3.8) is 0 Å². The van der Waals surface area contributed by atoms with E-state index in [4.69, 9.17) is 79.6 Å². The van der Waals surface area contributed by atoms with Gasteiger partial charge >= 0.3 is 43.8 Å². The molecule has 0 saturated carbocycles. The van der Waals surface area contributed by atoms with Gasteiger partial charge in [0.25, 0.3) is 0 Å². The number of carbonyl (C=O) groups is 9. The Bertz CT molecular complexity index is 3860. The molecule has 0 aliphatic heterocycles. The SMILES string of the molecule is CC(C)(C)OC(=O)Nc1ccccc1CC(=O)C/C=C/CCO.CC(C)(C)OC(=O)Nc1ccccc1N.CC(C)(C)[Si](C)(C)OCCCC=O.CC(C)(C)[Si](C)(C)OCCCCO.CCC/C=C/CC(=O)Cc1ccccc1NC(=O)OC(C)(C)C.CCCC/C=C/C(=O)O.CCCC/C=C/C(=O)OCC.CCOC(=O)CP(=O)(OCC)OCC.Nc1ccccc1N.OCCCCO. The zero-order chi connectivity index (χ0) is 105. The van der Waals surface area contributed by atoms with Crippen molar-refractivity contribution in [2.24, 2.45) is 0 Å². The summed E-state index contributed by atoms with van der Waals surface area (Å²) in [6, 6.07) is 28.8. The number of aliphatic carboxylic acids is 1. The Labute approximate surface area is 812 Å². The Morgan fingerprint density at radius 3 is 1.09 bits per heavy atom. The van der Waals surface area contributed by atoms with Crippen LogP contribution in [0.15, 0.2) is 146 Å². The number of anilines is 6. The maximum absolute atomic E-state index is 12.0. The summed E-state index contributed by atoms with van der Waals surface area (Å²) >= 11 is 0. The Morgan fingerprint density at radius 2 is 0.756 bits per heavy atom. The largest absolute Gasteiger partial charge is 0.478 e. The number of para-hydroxylation sites is 6. The molecule has 4 rings (SSSR count). The number of aliphatic hydroxyl groups is 4. The number of aldehydes is 1. The molecule has 0 bridgehead atoms. The summed E-state index contributed by atoms with van der Waals surface area (Å²) in [4.78, 5) is 101. The molecule has 0 aromatic heterocycles. The van der Waals surface area contributed by atoms with Gasteiger partial charge in [-0.05, 0) is 232 Å². The average molecular weight is 1960 g/mol. The number of amides is 3. The predicted octanol–water partition coefficient (Wildman–Crippen LogP) is 23.3. The Balaban J connectivity index is -0.000000350. The van der Waals surface area contributed by atoms with Crippen LogP contribution in [0.5, 0.6) is 0 Å². The van der Waals surface area contributed by atoms with Gasteiger partial charge in [0.1, 0.15) is 40.8 Å². The van der Waals surface area contributed by atoms with Gasteiger partial charge < -0.3 is 89.1 Å². The smallest absolute Gasteiger partial charge is 0.412 e. The molecule has 0 aliphatic carbocycles. The van der Waals surface area contributed by atoms with Crippen LogP contribution in [0.3, 0.4) is 0 Å². The van der Waals surface area contributed by atoms with E-state index in [0.717, 1.165) is 114 Å². The van der Waals surface area contributed by atoms with Crippen molar-refractivity contribution in [2.75, 3.05) is 105 Å². The summed E-state index contributed by atoms with van der Waals surface area (Å²) in [6.45, 7) is 55.2. The molecule has 14 N–H and O–H groups in total. The molecule has 135 heavy (non-hydrogen) atoms. The lowest BCUT2D eigenvalue weighted by atomic mass is 10.0. The first-order valence-electron chi connectivity index (χ1n) is 46.9. The number of unbranched alkanes of at least 4 members (excludes halogenated alkanes) is 8. The molecule has 30 nitrogen and oxygen atoms in total. The standard InChI is InChI=1S/C19H27NO3.C18H25NO4.C11H16N2O2.C10H24O2Si.C10H22O2Si.C9H16O2.C8H17O5P.C7H12O2.C6H8N2.C4H10O2/c1-5-6-7-8-12-16(21)14-15-11-9-10-13-17(15)20-18(22)23-19(2,3)4;1-18(2,3)23-17(22)19-16-11-7-6-9-14(16)13-15(21)10-5-4-8-12-20;1-11(2,3)15-10(14)13-9-7-5-4-6-8(9)12;2*1-10(2,3)13(4,5)12-9-7-6-8-11;1-3-5-6-7-8-9(10)11-4-2;1-4-11-8(9)7-14(10,12-5-2)13-6-3;1-2-3-4-5-6-7(8)9;7-5-3-1-2-4-6(5)8;5-3-1-2-4-6/h7-11,13H,5-6,12,14H2,1-4H3,(H,20,22);4-7,9,11,20H,8,10,12-13H2,1-3H3,(H,19,22);4-7H,12H2,1-3H3,(H,13,14);11H,6-9H2,1-5H3;8H,6-7,9H2,1-5H3;7-8H,3-6H2,1-2H3;4-7H2,1-3H3;5-6H,2-4H2,1H3,(H,8,9);1-4H,7-8H2;5-6H,1-4H2/b8-7+;5-4+;;;;8-7+;;6-5+;;. The first-order valence-corrected chi connectivity index (χ1v) is 54.4. The van der Waals surface area contributed by atoms with Crippen LogP contribution in [0.1, 0.15) is 273 Å². The summed E-state index contributed by atoms with van der Waals surface area (Å²) in [5, 5.41) is 50.1. The van der Waals surface area contributed by atoms with Crippen LogP contribution in [0.25, 0.3) is 0 Å². The zero-order valence-corrected chi connectivity index (χ0v) is 89.7. The number of nitrogen functional groups attached to an aromatic ring is 3. The van der Waals surface area contributed by atoms with E-state index in [2.05, 4.69) is 109 Å². The third-order valence-electron chi connectivity index (χ3n) is 18.1. The zero-order valence-electron chi connectivity index (χ0n) is 86.8. The molecule has 0 heterocycles. The minimum Gasteiger partial charge on any atom is -0.478 e. The number of hydrogen-bond acceptors (Lipinski definition) is 26. The lowest BCUT2D eigenvalue weighted by Crippen LogP contribution is -2.40. The molecule has 772 valence electrons. The van der Waals surface area contributed by atoms with Gasteiger partial charge in [-0.25, -0.2) is 24.0 Å². The first-order chi connectivity index (χ1) is 63.0. The van der Waals surface area contributed by atoms with E-state index in [9.17, 15) is 47.7 Å². The number of nitrogens with two attached hydrogens (primary N) is 3. The number of ketones is 2. The Hall–Kier alpha value is -9.19. The molecule has 4 aromatic carbocycles. The van der Waals surface area contributed by atoms with Crippen LogP contribution in [0.4, 0.5) is 48.5 Å². The van der Waals surface area contributed by atoms with Crippen LogP contribution in [0.2, 0.25) is 36.3 Å². The number of benzene rings is 4. The predicted molar refractivity (Wildman–Crippen MR) is 555 cm³/mol. The number of nitrogens with one attached hydrogen (secondary N) is 3. The molecule has 0 spiro atoms. The third-order valence-corrected chi connectivity index (χ3v) is 29.1. The van der Waals surface area contributed by atoms with Crippen molar-refractivity contribution < 1.29 is 115 Å². The van der Waals surface area contributed by atoms with Gasteiger partial charge in [-0.15, -0.1) is 0 Å². The molecule has 0 unspecified atom stereocenters. The molecule has 0 fully saturated rings. The van der Waals surface area contributed by atoms with E-state index in [-0.39, 0.29) is 81.4 Å². The van der Waals surface area contributed by atoms with E-state index in [0.29, 0.717) is 77.9 Å². The van der Waals surface area contributed by atoms with Gasteiger partial charge in [0, 0.05) is 95.3 Å².